The number of hydrogen-bond donors (Lipinski definition) is 2. The van der Waals surface area contributed by atoms with Crippen LogP contribution in [0.15, 0.2) is 17.8 Å². The highest BCUT2D eigenvalue weighted by atomic mass is 32.2. The SMILES string of the molecule is CC(C)(SCc1cn2ccsc2n1)[C@@H](N)C(=O)O. The van der Waals surface area contributed by atoms with Crippen molar-refractivity contribution < 1.29 is 9.90 Å². The molecule has 1 atom stereocenters. The van der Waals surface area contributed by atoms with Gasteiger partial charge in [0.15, 0.2) is 4.96 Å². The van der Waals surface area contributed by atoms with E-state index < -0.39 is 16.8 Å². The van der Waals surface area contributed by atoms with E-state index in [0.717, 1.165) is 10.7 Å². The number of imidazole rings is 1. The van der Waals surface area contributed by atoms with Crippen LogP contribution < -0.4 is 5.73 Å². The van der Waals surface area contributed by atoms with E-state index in [1.807, 2.05) is 36.0 Å². The van der Waals surface area contributed by atoms with Crippen LogP contribution in [0.1, 0.15) is 19.5 Å². The number of aromatic nitrogens is 2. The molecule has 0 aliphatic heterocycles. The fourth-order valence-electron chi connectivity index (χ4n) is 1.49. The van der Waals surface area contributed by atoms with E-state index in [1.54, 1.807) is 11.3 Å². The van der Waals surface area contributed by atoms with Gasteiger partial charge in [0.05, 0.1) is 5.69 Å². The number of nitrogens with two attached hydrogens (primary N) is 1. The molecule has 2 heterocycles. The van der Waals surface area contributed by atoms with E-state index >= 15 is 0 Å². The van der Waals surface area contributed by atoms with Crippen LogP contribution in [0.5, 0.6) is 0 Å². The maximum absolute atomic E-state index is 10.9. The highest BCUT2D eigenvalue weighted by molar-refractivity contribution is 7.99. The molecule has 18 heavy (non-hydrogen) atoms. The average Bonchev–Trinajstić information content (AvgIpc) is 2.85. The lowest BCUT2D eigenvalue weighted by Gasteiger charge is -2.27. The van der Waals surface area contributed by atoms with Crippen LogP contribution >= 0.6 is 23.1 Å². The number of hydrogen-bond acceptors (Lipinski definition) is 5. The molecule has 3 N–H and O–H groups in total. The summed E-state index contributed by atoms with van der Waals surface area (Å²) in [6.45, 7) is 3.68. The molecule has 0 aliphatic rings. The van der Waals surface area contributed by atoms with Gasteiger partial charge in [0.2, 0.25) is 0 Å². The molecule has 98 valence electrons. The first kappa shape index (κ1) is 13.4. The standard InChI is InChI=1S/C11H15N3O2S2/c1-11(2,8(12)9(15)16)18-6-7-5-14-3-4-17-10(14)13-7/h3-5,8H,6,12H2,1-2H3,(H,15,16)/t8-/m0/s1. The smallest absolute Gasteiger partial charge is 0.321 e. The van der Waals surface area contributed by atoms with Gasteiger partial charge >= 0.3 is 5.97 Å². The molecule has 0 unspecified atom stereocenters. The molecule has 0 saturated heterocycles. The topological polar surface area (TPSA) is 80.6 Å². The third kappa shape index (κ3) is 2.68. The van der Waals surface area contributed by atoms with Crippen molar-refractivity contribution in [3.05, 3.63) is 23.5 Å². The summed E-state index contributed by atoms with van der Waals surface area (Å²) in [6, 6.07) is -0.883. The molecule has 5 nitrogen and oxygen atoms in total. The van der Waals surface area contributed by atoms with Gasteiger partial charge in [0.1, 0.15) is 6.04 Å². The van der Waals surface area contributed by atoms with Gasteiger partial charge in [0.25, 0.3) is 0 Å². The Hall–Kier alpha value is -1.05. The lowest BCUT2D eigenvalue weighted by molar-refractivity contribution is -0.139. The van der Waals surface area contributed by atoms with Crippen LogP contribution in [-0.2, 0) is 10.5 Å². The molecule has 0 fully saturated rings. The van der Waals surface area contributed by atoms with Crippen molar-refractivity contribution in [2.45, 2.75) is 30.4 Å². The highest BCUT2D eigenvalue weighted by Gasteiger charge is 2.32. The van der Waals surface area contributed by atoms with Crippen molar-refractivity contribution in [1.29, 1.82) is 0 Å². The lowest BCUT2D eigenvalue weighted by Crippen LogP contribution is -2.46. The lowest BCUT2D eigenvalue weighted by atomic mass is 10.1. The fourth-order valence-corrected chi connectivity index (χ4v) is 3.15. The minimum absolute atomic E-state index is 0.525. The zero-order chi connectivity index (χ0) is 13.3. The molecular formula is C11H15N3O2S2. The minimum Gasteiger partial charge on any atom is -0.480 e. The van der Waals surface area contributed by atoms with E-state index in [4.69, 9.17) is 10.8 Å². The molecule has 2 aromatic rings. The molecule has 2 aromatic heterocycles. The number of aliphatic carboxylic acids is 1. The number of thioether (sulfide) groups is 1. The molecule has 0 spiro atoms. The molecule has 2 rings (SSSR count). The maximum Gasteiger partial charge on any atom is 0.321 e. The van der Waals surface area contributed by atoms with Crippen molar-refractivity contribution in [3.63, 3.8) is 0 Å². The monoisotopic (exact) mass is 285 g/mol. The number of carboxylic acid groups (broad SMARTS) is 1. The van der Waals surface area contributed by atoms with Gasteiger partial charge in [-0.2, -0.15) is 0 Å². The second kappa shape index (κ2) is 4.91. The molecule has 0 saturated carbocycles. The van der Waals surface area contributed by atoms with Crippen LogP contribution in [0.3, 0.4) is 0 Å². The quantitative estimate of drug-likeness (QED) is 0.876. The summed E-state index contributed by atoms with van der Waals surface area (Å²) in [5, 5.41) is 10.9. The zero-order valence-electron chi connectivity index (χ0n) is 10.2. The molecule has 0 aromatic carbocycles. The van der Waals surface area contributed by atoms with Crippen LogP contribution in [0.2, 0.25) is 0 Å². The summed E-state index contributed by atoms with van der Waals surface area (Å²) in [7, 11) is 0. The second-order valence-electron chi connectivity index (χ2n) is 4.53. The maximum atomic E-state index is 10.9. The Morgan fingerprint density at radius 3 is 3.06 bits per heavy atom. The van der Waals surface area contributed by atoms with Gasteiger partial charge in [-0.25, -0.2) is 4.98 Å². The van der Waals surface area contributed by atoms with Gasteiger partial charge < -0.3 is 10.8 Å². The van der Waals surface area contributed by atoms with Crippen molar-refractivity contribution in [3.8, 4) is 0 Å². The number of carboxylic acids is 1. The second-order valence-corrected chi connectivity index (χ2v) is 7.04. The van der Waals surface area contributed by atoms with Crippen LogP contribution in [0, 0.1) is 0 Å². The first-order valence-corrected chi connectivity index (χ1v) is 7.30. The first-order valence-electron chi connectivity index (χ1n) is 5.43. The summed E-state index contributed by atoms with van der Waals surface area (Å²) >= 11 is 3.09. The van der Waals surface area contributed by atoms with Gasteiger partial charge in [-0.1, -0.05) is 0 Å². The van der Waals surface area contributed by atoms with E-state index in [2.05, 4.69) is 4.98 Å². The summed E-state index contributed by atoms with van der Waals surface area (Å²) in [6.07, 6.45) is 3.91. The molecule has 0 radical (unpaired) electrons. The highest BCUT2D eigenvalue weighted by Crippen LogP contribution is 2.30. The molecule has 7 heteroatoms. The first-order chi connectivity index (χ1) is 8.40. The third-order valence-corrected chi connectivity index (χ3v) is 4.96. The van der Waals surface area contributed by atoms with Gasteiger partial charge in [-0.05, 0) is 13.8 Å². The van der Waals surface area contributed by atoms with Crippen LogP contribution in [-0.4, -0.2) is 31.2 Å². The predicted molar refractivity (Wildman–Crippen MR) is 74.1 cm³/mol. The molecule has 0 aliphatic carbocycles. The Kier molecular flexibility index (Phi) is 3.65. The number of carbonyl (C=O) groups is 1. The fraction of sp³-hybridized carbons (Fsp3) is 0.455. The number of thiazole rings is 1. The van der Waals surface area contributed by atoms with Crippen molar-refractivity contribution >= 4 is 34.0 Å². The summed E-state index contributed by atoms with van der Waals surface area (Å²) in [4.78, 5) is 16.3. The van der Waals surface area contributed by atoms with E-state index in [1.165, 1.54) is 11.8 Å². The number of fused-ring (bicyclic) bond motifs is 1. The summed E-state index contributed by atoms with van der Waals surface area (Å²) < 4.78 is 1.44. The summed E-state index contributed by atoms with van der Waals surface area (Å²) in [5.74, 6) is -0.319. The number of rotatable bonds is 5. The Morgan fingerprint density at radius 1 is 1.72 bits per heavy atom. The Bertz CT molecular complexity index is 533. The Morgan fingerprint density at radius 2 is 2.44 bits per heavy atom. The number of nitrogens with zero attached hydrogens (tertiary/aromatic N) is 2. The van der Waals surface area contributed by atoms with E-state index in [-0.39, 0.29) is 0 Å². The predicted octanol–water partition coefficient (Wildman–Crippen LogP) is 1.82. The molecule has 0 bridgehead atoms. The van der Waals surface area contributed by atoms with Crippen molar-refractivity contribution in [2.75, 3.05) is 0 Å². The summed E-state index contributed by atoms with van der Waals surface area (Å²) in [5.41, 5.74) is 6.61. The normalized spacial score (nSPS) is 13.9. The van der Waals surface area contributed by atoms with Crippen LogP contribution in [0.4, 0.5) is 0 Å². The minimum atomic E-state index is -0.974. The van der Waals surface area contributed by atoms with Gasteiger partial charge in [-0.15, -0.1) is 23.1 Å². The Balaban J connectivity index is 2.02. The van der Waals surface area contributed by atoms with Crippen molar-refractivity contribution in [1.82, 2.24) is 9.38 Å². The average molecular weight is 285 g/mol. The van der Waals surface area contributed by atoms with E-state index in [9.17, 15) is 4.79 Å². The van der Waals surface area contributed by atoms with Crippen LogP contribution in [0.25, 0.3) is 4.96 Å². The van der Waals surface area contributed by atoms with Gasteiger partial charge in [0, 0.05) is 28.3 Å². The third-order valence-electron chi connectivity index (χ3n) is 2.75. The molecular weight excluding hydrogens is 270 g/mol. The largest absolute Gasteiger partial charge is 0.480 e. The van der Waals surface area contributed by atoms with Gasteiger partial charge in [-0.3, -0.25) is 9.20 Å². The molecule has 0 amide bonds. The zero-order valence-corrected chi connectivity index (χ0v) is 11.8. The van der Waals surface area contributed by atoms with E-state index in [0.29, 0.717) is 5.75 Å². The van der Waals surface area contributed by atoms with Crippen molar-refractivity contribution in [2.24, 2.45) is 5.73 Å². The Labute approximate surface area is 113 Å².